The molecule has 0 spiro atoms. The largest absolute Gasteiger partial charge is 0.465 e. The van der Waals surface area contributed by atoms with Crippen LogP contribution >= 0.6 is 11.3 Å². The van der Waals surface area contributed by atoms with E-state index in [4.69, 9.17) is 0 Å². The molecule has 64 valence electrons. The lowest BCUT2D eigenvalue weighted by molar-refractivity contribution is 0.0602. The number of rotatable bonds is 1. The molecular weight excluding hydrogens is 171 g/mol. The molecule has 0 N–H and O–H groups in total. The Hall–Kier alpha value is -0.765. The van der Waals surface area contributed by atoms with Gasteiger partial charge in [0.2, 0.25) is 0 Å². The second-order valence-electron chi connectivity index (χ2n) is 2.71. The predicted molar refractivity (Wildman–Crippen MR) is 53.3 cm³/mol. The Morgan fingerprint density at radius 1 is 1.50 bits per heavy atom. The average molecular weight is 182 g/mol. The maximum Gasteiger partial charge on any atom is 0.338 e. The van der Waals surface area contributed by atoms with Crippen LogP contribution in [0.4, 0.5) is 0 Å². The summed E-state index contributed by atoms with van der Waals surface area (Å²) in [6, 6.07) is 0. The van der Waals surface area contributed by atoms with E-state index in [0.717, 1.165) is 15.9 Å². The van der Waals surface area contributed by atoms with E-state index in [-0.39, 0.29) is 5.97 Å². The van der Waals surface area contributed by atoms with E-state index < -0.39 is 0 Å². The van der Waals surface area contributed by atoms with Gasteiger partial charge in [0.1, 0.15) is 0 Å². The van der Waals surface area contributed by atoms with Gasteiger partial charge in [-0.25, -0.2) is 4.79 Å². The average Bonchev–Trinajstić information content (AvgIpc) is 2.26. The summed E-state index contributed by atoms with van der Waals surface area (Å²) in [6.07, 6.45) is 0. The van der Waals surface area contributed by atoms with Crippen molar-refractivity contribution < 1.29 is 9.53 Å². The third-order valence-corrected chi connectivity index (χ3v) is 3.07. The van der Waals surface area contributed by atoms with Crippen LogP contribution in [0.3, 0.4) is 0 Å². The van der Waals surface area contributed by atoms with E-state index in [2.05, 4.69) is 4.74 Å². The Bertz CT molecular complexity index is 317. The molecule has 0 aliphatic rings. The monoisotopic (exact) mass is 182 g/mol. The topological polar surface area (TPSA) is 26.3 Å². The lowest BCUT2D eigenvalue weighted by atomic mass is 9.99. The number of thiophene rings is 1. The van der Waals surface area contributed by atoms with Crippen molar-refractivity contribution in [3.05, 3.63) is 16.0 Å². The normalized spacial score (nSPS) is 9.92. The number of carbonyl (C=O) groups is 1. The maximum absolute atomic E-state index is 11.3. The molecule has 1 aromatic heterocycles. The SMILES string of the molecule is Bc1sc(C)c(C)c1C(=O)OC. The molecule has 0 radical (unpaired) electrons. The number of esters is 1. The Balaban J connectivity index is 3.22. The van der Waals surface area contributed by atoms with Gasteiger partial charge in [0.25, 0.3) is 0 Å². The summed E-state index contributed by atoms with van der Waals surface area (Å²) in [6.45, 7) is 3.96. The second-order valence-corrected chi connectivity index (χ2v) is 4.13. The highest BCUT2D eigenvalue weighted by atomic mass is 32.1. The van der Waals surface area contributed by atoms with Crippen molar-refractivity contribution in [2.24, 2.45) is 0 Å². The molecule has 0 saturated heterocycles. The predicted octanol–water partition coefficient (Wildman–Crippen LogP) is 0.410. The number of aryl methyl sites for hydroxylation is 1. The quantitative estimate of drug-likeness (QED) is 0.464. The molecule has 0 saturated carbocycles. The fraction of sp³-hybridized carbons (Fsp3) is 0.375. The first kappa shape index (κ1) is 9.32. The van der Waals surface area contributed by atoms with Crippen molar-refractivity contribution in [3.63, 3.8) is 0 Å². The van der Waals surface area contributed by atoms with E-state index >= 15 is 0 Å². The Labute approximate surface area is 77.0 Å². The van der Waals surface area contributed by atoms with Crippen LogP contribution in [-0.4, -0.2) is 20.9 Å². The minimum atomic E-state index is -0.227. The molecule has 0 bridgehead atoms. The summed E-state index contributed by atoms with van der Waals surface area (Å²) in [5, 5.41) is 0. The Kier molecular flexibility index (Phi) is 2.57. The van der Waals surface area contributed by atoms with Gasteiger partial charge < -0.3 is 4.74 Å². The fourth-order valence-electron chi connectivity index (χ4n) is 1.20. The van der Waals surface area contributed by atoms with Crippen LogP contribution in [0, 0.1) is 13.8 Å². The van der Waals surface area contributed by atoms with Crippen LogP contribution in [0.25, 0.3) is 0 Å². The molecule has 0 aliphatic heterocycles. The first-order valence-corrected chi connectivity index (χ1v) is 4.54. The first-order valence-electron chi connectivity index (χ1n) is 3.72. The summed E-state index contributed by atoms with van der Waals surface area (Å²) >= 11 is 1.64. The fourth-order valence-corrected chi connectivity index (χ4v) is 2.25. The van der Waals surface area contributed by atoms with E-state index in [1.807, 2.05) is 21.7 Å². The number of hydrogen-bond donors (Lipinski definition) is 0. The molecule has 0 unspecified atom stereocenters. The molecule has 0 aromatic carbocycles. The van der Waals surface area contributed by atoms with Gasteiger partial charge in [-0.05, 0) is 24.2 Å². The van der Waals surface area contributed by atoms with Crippen LogP contribution in [-0.2, 0) is 4.74 Å². The second kappa shape index (κ2) is 3.31. The summed E-state index contributed by atoms with van der Waals surface area (Å²) in [5.74, 6) is -0.227. The Morgan fingerprint density at radius 3 is 2.42 bits per heavy atom. The molecule has 12 heavy (non-hydrogen) atoms. The summed E-state index contributed by atoms with van der Waals surface area (Å²) < 4.78 is 5.72. The van der Waals surface area contributed by atoms with Crippen molar-refractivity contribution in [3.8, 4) is 0 Å². The molecular formula is C8H11BO2S. The lowest BCUT2D eigenvalue weighted by Gasteiger charge is -1.99. The van der Waals surface area contributed by atoms with Gasteiger partial charge in [-0.2, -0.15) is 11.3 Å². The molecule has 1 heterocycles. The maximum atomic E-state index is 11.3. The zero-order chi connectivity index (χ0) is 9.30. The molecule has 1 aromatic rings. The Morgan fingerprint density at radius 2 is 2.08 bits per heavy atom. The highest BCUT2D eigenvalue weighted by molar-refractivity contribution is 7.20. The molecule has 4 heteroatoms. The van der Waals surface area contributed by atoms with Crippen molar-refractivity contribution in [1.29, 1.82) is 0 Å². The van der Waals surface area contributed by atoms with Crippen LogP contribution < -0.4 is 4.78 Å². The summed E-state index contributed by atoms with van der Waals surface area (Å²) in [5.41, 5.74) is 1.78. The van der Waals surface area contributed by atoms with Gasteiger partial charge in [-0.3, -0.25) is 0 Å². The van der Waals surface area contributed by atoms with Gasteiger partial charge >= 0.3 is 5.97 Å². The van der Waals surface area contributed by atoms with E-state index in [9.17, 15) is 4.79 Å². The third kappa shape index (κ3) is 1.39. The number of carbonyl (C=O) groups excluding carboxylic acids is 1. The van der Waals surface area contributed by atoms with Crippen molar-refractivity contribution >= 4 is 29.9 Å². The third-order valence-electron chi connectivity index (χ3n) is 1.95. The molecule has 2 nitrogen and oxygen atoms in total. The lowest BCUT2D eigenvalue weighted by Crippen LogP contribution is -2.13. The van der Waals surface area contributed by atoms with E-state index in [1.165, 1.54) is 12.0 Å². The van der Waals surface area contributed by atoms with Crippen LogP contribution in [0.2, 0.25) is 0 Å². The summed E-state index contributed by atoms with van der Waals surface area (Å²) in [7, 11) is 3.35. The number of hydrogen-bond acceptors (Lipinski definition) is 3. The highest BCUT2D eigenvalue weighted by Crippen LogP contribution is 2.17. The highest BCUT2D eigenvalue weighted by Gasteiger charge is 2.16. The van der Waals surface area contributed by atoms with E-state index in [1.54, 1.807) is 11.3 Å². The molecule has 0 atom stereocenters. The zero-order valence-corrected chi connectivity index (χ0v) is 8.54. The van der Waals surface area contributed by atoms with Crippen molar-refractivity contribution in [2.45, 2.75) is 13.8 Å². The van der Waals surface area contributed by atoms with Gasteiger partial charge in [0, 0.05) is 4.88 Å². The van der Waals surface area contributed by atoms with Gasteiger partial charge in [0.05, 0.1) is 12.7 Å². The van der Waals surface area contributed by atoms with Gasteiger partial charge in [-0.15, -0.1) is 0 Å². The minimum Gasteiger partial charge on any atom is -0.465 e. The molecule has 0 aliphatic carbocycles. The number of methoxy groups -OCH3 is 1. The molecule has 1 rings (SSSR count). The first-order chi connectivity index (χ1) is 5.57. The van der Waals surface area contributed by atoms with Crippen LogP contribution in [0.1, 0.15) is 20.8 Å². The number of ether oxygens (including phenoxy) is 1. The van der Waals surface area contributed by atoms with Gasteiger partial charge in [-0.1, -0.05) is 0 Å². The van der Waals surface area contributed by atoms with Crippen LogP contribution in [0.5, 0.6) is 0 Å². The molecule has 0 fully saturated rings. The zero-order valence-electron chi connectivity index (χ0n) is 7.72. The standard InChI is InChI=1S/C8H11BO2S/c1-4-5(2)12-7(9)6(4)8(10)11-3/h9H2,1-3H3. The van der Waals surface area contributed by atoms with Crippen molar-refractivity contribution in [1.82, 2.24) is 0 Å². The summed E-state index contributed by atoms with van der Waals surface area (Å²) in [4.78, 5) is 12.4. The van der Waals surface area contributed by atoms with Gasteiger partial charge in [0.15, 0.2) is 7.85 Å². The van der Waals surface area contributed by atoms with Crippen molar-refractivity contribution in [2.75, 3.05) is 7.11 Å². The minimum absolute atomic E-state index is 0.227. The smallest absolute Gasteiger partial charge is 0.338 e. The van der Waals surface area contributed by atoms with E-state index in [0.29, 0.717) is 0 Å². The van der Waals surface area contributed by atoms with Crippen LogP contribution in [0.15, 0.2) is 0 Å². The molecule has 0 amide bonds.